The van der Waals surface area contributed by atoms with Crippen LogP contribution in [0.5, 0.6) is 0 Å². The van der Waals surface area contributed by atoms with Crippen molar-refractivity contribution in [3.63, 3.8) is 0 Å². The summed E-state index contributed by atoms with van der Waals surface area (Å²) in [4.78, 5) is 23.9. The zero-order valence-electron chi connectivity index (χ0n) is 14.5. The number of carbonyl (C=O) groups excluding carboxylic acids is 1. The molecular formula is C22H19NO4. The van der Waals surface area contributed by atoms with E-state index in [1.165, 1.54) is 18.2 Å². The van der Waals surface area contributed by atoms with Crippen molar-refractivity contribution in [2.45, 2.75) is 12.5 Å². The number of rotatable bonds is 6. The first-order valence-electron chi connectivity index (χ1n) is 8.46. The van der Waals surface area contributed by atoms with E-state index in [9.17, 15) is 9.59 Å². The van der Waals surface area contributed by atoms with Crippen molar-refractivity contribution in [1.29, 1.82) is 0 Å². The molecule has 0 aromatic heterocycles. The Morgan fingerprint density at radius 2 is 1.48 bits per heavy atom. The second kappa shape index (κ2) is 8.19. The molecule has 0 saturated carbocycles. The highest BCUT2D eigenvalue weighted by Gasteiger charge is 2.20. The van der Waals surface area contributed by atoms with Gasteiger partial charge < -0.3 is 15.6 Å². The number of aromatic carboxylic acids is 1. The van der Waals surface area contributed by atoms with Crippen molar-refractivity contribution in [1.82, 2.24) is 0 Å². The Labute approximate surface area is 157 Å². The summed E-state index contributed by atoms with van der Waals surface area (Å²) in [6.45, 7) is 0. The number of hydrogen-bond acceptors (Lipinski definition) is 4. The predicted octanol–water partition coefficient (Wildman–Crippen LogP) is 4.11. The Morgan fingerprint density at radius 1 is 0.889 bits per heavy atom. The second-order valence-corrected chi connectivity index (χ2v) is 6.14. The summed E-state index contributed by atoms with van der Waals surface area (Å²) >= 11 is 0. The average Bonchev–Trinajstić information content (AvgIpc) is 2.68. The van der Waals surface area contributed by atoms with Gasteiger partial charge in [0.05, 0.1) is 11.1 Å². The lowest BCUT2D eigenvalue weighted by Gasteiger charge is -2.19. The minimum atomic E-state index is -1.15. The van der Waals surface area contributed by atoms with E-state index in [4.69, 9.17) is 15.6 Å². The summed E-state index contributed by atoms with van der Waals surface area (Å²) in [5.41, 5.74) is 7.87. The van der Waals surface area contributed by atoms with Gasteiger partial charge in [0.1, 0.15) is 6.10 Å². The normalized spacial score (nSPS) is 11.6. The van der Waals surface area contributed by atoms with Crippen molar-refractivity contribution >= 4 is 17.6 Å². The van der Waals surface area contributed by atoms with Crippen LogP contribution in [-0.4, -0.2) is 17.0 Å². The summed E-state index contributed by atoms with van der Waals surface area (Å²) in [5, 5.41) is 9.16. The fourth-order valence-corrected chi connectivity index (χ4v) is 2.81. The van der Waals surface area contributed by atoms with Gasteiger partial charge in [-0.25, -0.2) is 9.59 Å². The smallest absolute Gasteiger partial charge is 0.338 e. The monoisotopic (exact) mass is 361 g/mol. The SMILES string of the molecule is Nc1cc(C(=O)O)cc(C(=O)OC(Cc2ccccc2)c2ccccc2)c1. The fourth-order valence-electron chi connectivity index (χ4n) is 2.81. The topological polar surface area (TPSA) is 89.6 Å². The molecule has 3 rings (SSSR count). The molecule has 0 aliphatic heterocycles. The second-order valence-electron chi connectivity index (χ2n) is 6.14. The number of carbonyl (C=O) groups is 2. The lowest BCUT2D eigenvalue weighted by atomic mass is 10.0. The highest BCUT2D eigenvalue weighted by Crippen LogP contribution is 2.24. The molecule has 1 unspecified atom stereocenters. The number of nitrogens with two attached hydrogens (primary N) is 1. The minimum absolute atomic E-state index is 0.0544. The molecule has 0 saturated heterocycles. The van der Waals surface area contributed by atoms with E-state index < -0.39 is 18.0 Å². The van der Waals surface area contributed by atoms with Crippen molar-refractivity contribution in [3.8, 4) is 0 Å². The molecule has 1 atom stereocenters. The fraction of sp³-hybridized carbons (Fsp3) is 0.0909. The number of hydrogen-bond donors (Lipinski definition) is 2. The van der Waals surface area contributed by atoms with Crippen LogP contribution >= 0.6 is 0 Å². The third kappa shape index (κ3) is 4.73. The van der Waals surface area contributed by atoms with Crippen LogP contribution in [0.2, 0.25) is 0 Å². The van der Waals surface area contributed by atoms with Gasteiger partial charge in [-0.1, -0.05) is 60.7 Å². The number of carboxylic acids is 1. The first kappa shape index (κ1) is 18.2. The zero-order valence-corrected chi connectivity index (χ0v) is 14.5. The number of benzene rings is 3. The molecule has 0 aliphatic carbocycles. The third-order valence-electron chi connectivity index (χ3n) is 4.12. The van der Waals surface area contributed by atoms with Gasteiger partial charge >= 0.3 is 11.9 Å². The molecule has 0 fully saturated rings. The molecule has 0 heterocycles. The molecule has 0 bridgehead atoms. The van der Waals surface area contributed by atoms with E-state index in [2.05, 4.69) is 0 Å². The van der Waals surface area contributed by atoms with Crippen LogP contribution in [0.4, 0.5) is 5.69 Å². The van der Waals surface area contributed by atoms with E-state index in [-0.39, 0.29) is 16.8 Å². The molecule has 3 aromatic carbocycles. The van der Waals surface area contributed by atoms with Crippen LogP contribution < -0.4 is 5.73 Å². The highest BCUT2D eigenvalue weighted by atomic mass is 16.5. The van der Waals surface area contributed by atoms with E-state index in [1.807, 2.05) is 60.7 Å². The molecule has 0 radical (unpaired) electrons. The summed E-state index contributed by atoms with van der Waals surface area (Å²) in [7, 11) is 0. The molecule has 0 amide bonds. The van der Waals surface area contributed by atoms with Crippen molar-refractivity contribution in [3.05, 3.63) is 101 Å². The van der Waals surface area contributed by atoms with Gasteiger partial charge in [0, 0.05) is 12.1 Å². The molecule has 0 aliphatic rings. The molecule has 0 spiro atoms. The van der Waals surface area contributed by atoms with Gasteiger partial charge in [-0.15, -0.1) is 0 Å². The van der Waals surface area contributed by atoms with Gasteiger partial charge in [0.15, 0.2) is 0 Å². The molecule has 136 valence electrons. The van der Waals surface area contributed by atoms with E-state index >= 15 is 0 Å². The molecule has 27 heavy (non-hydrogen) atoms. The van der Waals surface area contributed by atoms with E-state index in [1.54, 1.807) is 0 Å². The Morgan fingerprint density at radius 3 is 2.11 bits per heavy atom. The van der Waals surface area contributed by atoms with Crippen LogP contribution in [0.3, 0.4) is 0 Å². The molecule has 3 N–H and O–H groups in total. The number of nitrogen functional groups attached to an aromatic ring is 1. The predicted molar refractivity (Wildman–Crippen MR) is 103 cm³/mol. The Kier molecular flexibility index (Phi) is 5.52. The van der Waals surface area contributed by atoms with Gasteiger partial charge in [0.25, 0.3) is 0 Å². The maximum Gasteiger partial charge on any atom is 0.338 e. The van der Waals surface area contributed by atoms with Crippen LogP contribution in [-0.2, 0) is 11.2 Å². The Balaban J connectivity index is 1.88. The van der Waals surface area contributed by atoms with E-state index in [0.29, 0.717) is 6.42 Å². The number of anilines is 1. The molecule has 5 heteroatoms. The summed E-state index contributed by atoms with van der Waals surface area (Å²) in [5.74, 6) is -1.77. The quantitative estimate of drug-likeness (QED) is 0.509. The lowest BCUT2D eigenvalue weighted by molar-refractivity contribution is 0.0297. The molecule has 5 nitrogen and oxygen atoms in total. The molecule has 3 aromatic rings. The number of esters is 1. The maximum atomic E-state index is 12.7. The third-order valence-corrected chi connectivity index (χ3v) is 4.12. The van der Waals surface area contributed by atoms with Gasteiger partial charge in [-0.2, -0.15) is 0 Å². The largest absolute Gasteiger partial charge is 0.478 e. The highest BCUT2D eigenvalue weighted by molar-refractivity contribution is 5.96. The van der Waals surface area contributed by atoms with Crippen LogP contribution in [0.1, 0.15) is 37.9 Å². The first-order chi connectivity index (χ1) is 13.0. The number of ether oxygens (including phenoxy) is 1. The van der Waals surface area contributed by atoms with Gasteiger partial charge in [-0.3, -0.25) is 0 Å². The van der Waals surface area contributed by atoms with Crippen molar-refractivity contribution < 1.29 is 19.4 Å². The standard InChI is InChI=1S/C22H19NO4/c23-19-13-17(21(24)25)12-18(14-19)22(26)27-20(16-9-5-2-6-10-16)11-15-7-3-1-4-8-15/h1-10,12-14,20H,11,23H2,(H,24,25). The van der Waals surface area contributed by atoms with Crippen molar-refractivity contribution in [2.24, 2.45) is 0 Å². The minimum Gasteiger partial charge on any atom is -0.478 e. The van der Waals surface area contributed by atoms with Crippen LogP contribution in [0.25, 0.3) is 0 Å². The van der Waals surface area contributed by atoms with Gasteiger partial charge in [0.2, 0.25) is 0 Å². The van der Waals surface area contributed by atoms with Crippen molar-refractivity contribution in [2.75, 3.05) is 5.73 Å². The van der Waals surface area contributed by atoms with Gasteiger partial charge in [-0.05, 0) is 29.3 Å². The first-order valence-corrected chi connectivity index (χ1v) is 8.46. The number of carboxylic acid groups (broad SMARTS) is 1. The summed E-state index contributed by atoms with van der Waals surface area (Å²) in [6, 6.07) is 23.1. The summed E-state index contributed by atoms with van der Waals surface area (Å²) < 4.78 is 5.73. The Bertz CT molecular complexity index is 939. The Hall–Kier alpha value is -3.60. The zero-order chi connectivity index (χ0) is 19.2. The van der Waals surface area contributed by atoms with Crippen LogP contribution in [0, 0.1) is 0 Å². The van der Waals surface area contributed by atoms with E-state index in [0.717, 1.165) is 11.1 Å². The molecular weight excluding hydrogens is 342 g/mol. The maximum absolute atomic E-state index is 12.7. The lowest BCUT2D eigenvalue weighted by Crippen LogP contribution is -2.15. The summed E-state index contributed by atoms with van der Waals surface area (Å²) in [6.07, 6.45) is 0.000779. The average molecular weight is 361 g/mol. The van der Waals surface area contributed by atoms with Crippen LogP contribution in [0.15, 0.2) is 78.9 Å².